The Hall–Kier alpha value is -1.58. The van der Waals surface area contributed by atoms with Crippen LogP contribution in [0.2, 0.25) is 5.02 Å². The van der Waals surface area contributed by atoms with E-state index in [1.165, 1.54) is 10.4 Å². The van der Waals surface area contributed by atoms with Gasteiger partial charge in [-0.25, -0.2) is 4.98 Å². The molecule has 0 unspecified atom stereocenters. The zero-order valence-electron chi connectivity index (χ0n) is 9.68. The molecule has 90 valence electrons. The average molecular weight is 276 g/mol. The number of thiophene rings is 1. The van der Waals surface area contributed by atoms with Gasteiger partial charge < -0.3 is 4.42 Å². The Bertz CT molecular complexity index is 726. The van der Waals surface area contributed by atoms with Crippen LogP contribution in [0.5, 0.6) is 0 Å². The highest BCUT2D eigenvalue weighted by Gasteiger charge is 2.03. The Morgan fingerprint density at radius 2 is 2.17 bits per heavy atom. The van der Waals surface area contributed by atoms with E-state index in [1.54, 1.807) is 23.5 Å². The summed E-state index contributed by atoms with van der Waals surface area (Å²) < 4.78 is 5.61. The van der Waals surface area contributed by atoms with Gasteiger partial charge in [-0.3, -0.25) is 0 Å². The first-order valence-electron chi connectivity index (χ1n) is 5.50. The van der Waals surface area contributed by atoms with E-state index in [4.69, 9.17) is 16.0 Å². The number of aryl methyl sites for hydroxylation is 1. The summed E-state index contributed by atoms with van der Waals surface area (Å²) in [5.41, 5.74) is 2.79. The zero-order chi connectivity index (χ0) is 12.5. The largest absolute Gasteiger partial charge is 0.437 e. The maximum atomic E-state index is 5.91. The molecule has 0 saturated heterocycles. The molecule has 0 aliphatic carbocycles. The Balaban J connectivity index is 1.96. The molecule has 0 spiro atoms. The van der Waals surface area contributed by atoms with Crippen molar-refractivity contribution in [1.29, 1.82) is 0 Å². The van der Waals surface area contributed by atoms with Crippen LogP contribution in [-0.4, -0.2) is 4.98 Å². The highest BCUT2D eigenvalue weighted by Crippen LogP contribution is 2.22. The topological polar surface area (TPSA) is 26.0 Å². The van der Waals surface area contributed by atoms with E-state index in [-0.39, 0.29) is 0 Å². The van der Waals surface area contributed by atoms with Gasteiger partial charge in [0, 0.05) is 16.0 Å². The Kier molecular flexibility index (Phi) is 2.94. The third kappa shape index (κ3) is 2.19. The van der Waals surface area contributed by atoms with Crippen LogP contribution in [0.4, 0.5) is 0 Å². The summed E-state index contributed by atoms with van der Waals surface area (Å²) >= 11 is 7.61. The molecule has 0 radical (unpaired) electrons. The number of benzene rings is 1. The molecule has 0 bridgehead atoms. The second kappa shape index (κ2) is 4.59. The summed E-state index contributed by atoms with van der Waals surface area (Å²) in [5, 5.41) is 2.74. The molecule has 2 nitrogen and oxygen atoms in total. The van der Waals surface area contributed by atoms with Crippen LogP contribution >= 0.6 is 22.9 Å². The van der Waals surface area contributed by atoms with E-state index in [9.17, 15) is 0 Å². The van der Waals surface area contributed by atoms with Crippen LogP contribution < -0.4 is 0 Å². The van der Waals surface area contributed by atoms with Crippen LogP contribution in [-0.2, 0) is 0 Å². The van der Waals surface area contributed by atoms with E-state index in [1.807, 2.05) is 18.2 Å². The van der Waals surface area contributed by atoms with Gasteiger partial charge >= 0.3 is 0 Å². The van der Waals surface area contributed by atoms with E-state index < -0.39 is 0 Å². The molecule has 3 rings (SSSR count). The molecule has 0 fully saturated rings. The summed E-state index contributed by atoms with van der Waals surface area (Å²) in [4.78, 5) is 5.59. The quantitative estimate of drug-likeness (QED) is 0.656. The van der Waals surface area contributed by atoms with Crippen LogP contribution in [0.1, 0.15) is 16.3 Å². The maximum absolute atomic E-state index is 5.91. The average Bonchev–Trinajstić information content (AvgIpc) is 2.92. The van der Waals surface area contributed by atoms with Crippen molar-refractivity contribution in [2.75, 3.05) is 0 Å². The minimum atomic E-state index is 0.597. The minimum absolute atomic E-state index is 0.597. The molecule has 0 saturated carbocycles. The number of fused-ring (bicyclic) bond motifs is 1. The molecule has 0 aliphatic heterocycles. The summed E-state index contributed by atoms with van der Waals surface area (Å²) in [7, 11) is 0. The van der Waals surface area contributed by atoms with Gasteiger partial charge in [-0.05, 0) is 48.2 Å². The van der Waals surface area contributed by atoms with Crippen LogP contribution in [0.15, 0.2) is 34.1 Å². The number of hydrogen-bond acceptors (Lipinski definition) is 3. The summed E-state index contributed by atoms with van der Waals surface area (Å²) in [5.74, 6) is 0.597. The molecule has 18 heavy (non-hydrogen) atoms. The number of oxazole rings is 1. The number of hydrogen-bond donors (Lipinski definition) is 0. The predicted octanol–water partition coefficient (Wildman–Crippen LogP) is 5.02. The standard InChI is InChI=1S/C14H10ClNOS/c1-9-6-7-18-13(9)4-5-14-16-11-8-10(15)2-3-12(11)17-14/h2-8H,1H3/b5-4+. The SMILES string of the molecule is Cc1ccsc1/C=C/c1nc2cc(Cl)ccc2o1. The van der Waals surface area contributed by atoms with Crippen molar-refractivity contribution in [2.24, 2.45) is 0 Å². The Morgan fingerprint density at radius 1 is 1.28 bits per heavy atom. The highest BCUT2D eigenvalue weighted by atomic mass is 35.5. The van der Waals surface area contributed by atoms with Crippen LogP contribution in [0.3, 0.4) is 0 Å². The fourth-order valence-electron chi connectivity index (χ4n) is 1.69. The van der Waals surface area contributed by atoms with Gasteiger partial charge in [0.1, 0.15) is 5.52 Å². The molecule has 0 amide bonds. The highest BCUT2D eigenvalue weighted by molar-refractivity contribution is 7.11. The van der Waals surface area contributed by atoms with E-state index in [0.717, 1.165) is 11.1 Å². The molecule has 0 N–H and O–H groups in total. The van der Waals surface area contributed by atoms with E-state index in [0.29, 0.717) is 10.9 Å². The van der Waals surface area contributed by atoms with Gasteiger partial charge in [0.05, 0.1) is 0 Å². The van der Waals surface area contributed by atoms with Crippen molar-refractivity contribution >= 4 is 46.2 Å². The second-order valence-corrected chi connectivity index (χ2v) is 5.35. The van der Waals surface area contributed by atoms with Crippen molar-refractivity contribution in [3.8, 4) is 0 Å². The molecule has 0 aliphatic rings. The van der Waals surface area contributed by atoms with Crippen molar-refractivity contribution in [3.63, 3.8) is 0 Å². The minimum Gasteiger partial charge on any atom is -0.437 e. The normalized spacial score (nSPS) is 11.7. The summed E-state index contributed by atoms with van der Waals surface area (Å²) in [6.45, 7) is 2.09. The molecule has 2 aromatic heterocycles. The lowest BCUT2D eigenvalue weighted by Crippen LogP contribution is -1.71. The van der Waals surface area contributed by atoms with Gasteiger partial charge in [-0.1, -0.05) is 11.6 Å². The first-order valence-corrected chi connectivity index (χ1v) is 6.76. The number of rotatable bonds is 2. The Morgan fingerprint density at radius 3 is 2.94 bits per heavy atom. The number of aromatic nitrogens is 1. The second-order valence-electron chi connectivity index (χ2n) is 3.97. The summed E-state index contributed by atoms with van der Waals surface area (Å²) in [6.07, 6.45) is 3.90. The molecule has 1 aromatic carbocycles. The fourth-order valence-corrected chi connectivity index (χ4v) is 2.68. The lowest BCUT2D eigenvalue weighted by Gasteiger charge is -1.87. The van der Waals surface area contributed by atoms with Gasteiger partial charge in [-0.15, -0.1) is 11.3 Å². The summed E-state index contributed by atoms with van der Waals surface area (Å²) in [6, 6.07) is 7.52. The molecular weight excluding hydrogens is 266 g/mol. The third-order valence-electron chi connectivity index (χ3n) is 2.65. The molecule has 4 heteroatoms. The number of halogens is 1. The van der Waals surface area contributed by atoms with Gasteiger partial charge in [-0.2, -0.15) is 0 Å². The first-order chi connectivity index (χ1) is 8.72. The maximum Gasteiger partial charge on any atom is 0.220 e. The smallest absolute Gasteiger partial charge is 0.220 e. The Labute approximate surface area is 114 Å². The predicted molar refractivity (Wildman–Crippen MR) is 77.0 cm³/mol. The lowest BCUT2D eigenvalue weighted by molar-refractivity contribution is 0.590. The van der Waals surface area contributed by atoms with E-state index in [2.05, 4.69) is 23.4 Å². The van der Waals surface area contributed by atoms with Gasteiger partial charge in [0.15, 0.2) is 5.58 Å². The van der Waals surface area contributed by atoms with Crippen molar-refractivity contribution < 1.29 is 4.42 Å². The molecule has 2 heterocycles. The first kappa shape index (κ1) is 11.5. The van der Waals surface area contributed by atoms with Gasteiger partial charge in [0.2, 0.25) is 5.89 Å². The van der Waals surface area contributed by atoms with Crippen molar-refractivity contribution in [3.05, 3.63) is 51.0 Å². The lowest BCUT2D eigenvalue weighted by atomic mass is 10.3. The zero-order valence-corrected chi connectivity index (χ0v) is 11.3. The monoisotopic (exact) mass is 275 g/mol. The van der Waals surface area contributed by atoms with E-state index >= 15 is 0 Å². The van der Waals surface area contributed by atoms with Crippen LogP contribution in [0.25, 0.3) is 23.3 Å². The number of nitrogens with zero attached hydrogens (tertiary/aromatic N) is 1. The van der Waals surface area contributed by atoms with Crippen molar-refractivity contribution in [1.82, 2.24) is 4.98 Å². The fraction of sp³-hybridized carbons (Fsp3) is 0.0714. The third-order valence-corrected chi connectivity index (χ3v) is 3.86. The van der Waals surface area contributed by atoms with Crippen LogP contribution in [0, 0.1) is 6.92 Å². The molecule has 0 atom stereocenters. The molecule has 3 aromatic rings. The van der Waals surface area contributed by atoms with Gasteiger partial charge in [0.25, 0.3) is 0 Å². The molecular formula is C14H10ClNOS. The van der Waals surface area contributed by atoms with Crippen molar-refractivity contribution in [2.45, 2.75) is 6.92 Å².